The molecule has 0 aromatic carbocycles. The minimum Gasteiger partial charge on any atom is -0.335 e. The Labute approximate surface area is 123 Å². The molecular formula is C15H20N2O2S. The van der Waals surface area contributed by atoms with Crippen molar-refractivity contribution in [2.24, 2.45) is 0 Å². The summed E-state index contributed by atoms with van der Waals surface area (Å²) in [4.78, 5) is 29.8. The van der Waals surface area contributed by atoms with Gasteiger partial charge >= 0.3 is 0 Å². The van der Waals surface area contributed by atoms with Crippen molar-refractivity contribution in [3.8, 4) is 0 Å². The fourth-order valence-electron chi connectivity index (χ4n) is 3.08. The molecule has 3 rings (SSSR count). The molecule has 2 saturated heterocycles. The average Bonchev–Trinajstić information content (AvgIpc) is 2.82. The summed E-state index contributed by atoms with van der Waals surface area (Å²) in [5.74, 6) is 0.289. The Morgan fingerprint density at radius 3 is 2.90 bits per heavy atom. The number of hydrogen-bond acceptors (Lipinski definition) is 3. The van der Waals surface area contributed by atoms with Gasteiger partial charge in [-0.05, 0) is 43.2 Å². The Bertz CT molecular complexity index is 526. The molecule has 0 radical (unpaired) electrons. The molecule has 2 aliphatic rings. The molecule has 0 saturated carbocycles. The Hall–Kier alpha value is -1.36. The molecule has 2 aliphatic heterocycles. The van der Waals surface area contributed by atoms with Gasteiger partial charge in [0.25, 0.3) is 0 Å². The molecule has 1 atom stereocenters. The van der Waals surface area contributed by atoms with Gasteiger partial charge in [-0.3, -0.25) is 9.59 Å². The molecule has 5 heteroatoms. The second kappa shape index (κ2) is 5.56. The van der Waals surface area contributed by atoms with E-state index in [1.165, 1.54) is 10.4 Å². The van der Waals surface area contributed by atoms with E-state index < -0.39 is 0 Å². The van der Waals surface area contributed by atoms with Crippen LogP contribution in [0.2, 0.25) is 0 Å². The predicted molar refractivity (Wildman–Crippen MR) is 78.4 cm³/mol. The SMILES string of the molecule is Cc1ccsc1CN1CCC(=O)N2CCCCC2C1=O. The molecule has 4 nitrogen and oxygen atoms in total. The van der Waals surface area contributed by atoms with E-state index in [4.69, 9.17) is 0 Å². The lowest BCUT2D eigenvalue weighted by atomic mass is 10.0. The summed E-state index contributed by atoms with van der Waals surface area (Å²) in [6, 6.07) is 1.87. The van der Waals surface area contributed by atoms with Crippen molar-refractivity contribution < 1.29 is 9.59 Å². The summed E-state index contributed by atoms with van der Waals surface area (Å²) >= 11 is 1.69. The molecule has 1 aromatic heterocycles. The van der Waals surface area contributed by atoms with E-state index in [0.29, 0.717) is 19.5 Å². The van der Waals surface area contributed by atoms with Crippen molar-refractivity contribution in [2.75, 3.05) is 13.1 Å². The van der Waals surface area contributed by atoms with E-state index in [2.05, 4.69) is 18.4 Å². The number of carbonyl (C=O) groups is 2. The van der Waals surface area contributed by atoms with Crippen LogP contribution in [-0.2, 0) is 16.1 Å². The minimum atomic E-state index is -0.209. The summed E-state index contributed by atoms with van der Waals surface area (Å²) in [6.07, 6.45) is 3.36. The maximum atomic E-state index is 12.7. The number of hydrogen-bond donors (Lipinski definition) is 0. The topological polar surface area (TPSA) is 40.6 Å². The van der Waals surface area contributed by atoms with Crippen LogP contribution in [-0.4, -0.2) is 40.7 Å². The van der Waals surface area contributed by atoms with Gasteiger partial charge in [0, 0.05) is 24.4 Å². The largest absolute Gasteiger partial charge is 0.335 e. The first-order valence-corrected chi connectivity index (χ1v) is 8.16. The van der Waals surface area contributed by atoms with Crippen LogP contribution in [0.3, 0.4) is 0 Å². The Balaban J connectivity index is 1.80. The van der Waals surface area contributed by atoms with E-state index in [0.717, 1.165) is 25.8 Å². The number of aryl methyl sites for hydroxylation is 1. The van der Waals surface area contributed by atoms with Gasteiger partial charge in [0.15, 0.2) is 0 Å². The monoisotopic (exact) mass is 292 g/mol. The molecule has 3 heterocycles. The number of nitrogens with zero attached hydrogens (tertiary/aromatic N) is 2. The molecule has 108 valence electrons. The van der Waals surface area contributed by atoms with Gasteiger partial charge in [-0.15, -0.1) is 11.3 Å². The predicted octanol–water partition coefficient (Wildman–Crippen LogP) is 2.17. The number of thiophene rings is 1. The van der Waals surface area contributed by atoms with Crippen molar-refractivity contribution in [1.29, 1.82) is 0 Å². The van der Waals surface area contributed by atoms with Crippen LogP contribution in [0.25, 0.3) is 0 Å². The number of amides is 2. The summed E-state index contributed by atoms with van der Waals surface area (Å²) in [7, 11) is 0. The first kappa shape index (κ1) is 13.6. The number of piperidine rings is 1. The summed E-state index contributed by atoms with van der Waals surface area (Å²) < 4.78 is 0. The molecule has 0 N–H and O–H groups in total. The standard InChI is InChI=1S/C15H20N2O2S/c1-11-6-9-20-13(11)10-16-8-5-14(18)17-7-3-2-4-12(17)15(16)19/h6,9,12H,2-5,7-8,10H2,1H3. The highest BCUT2D eigenvalue weighted by molar-refractivity contribution is 7.10. The van der Waals surface area contributed by atoms with Crippen LogP contribution in [0.1, 0.15) is 36.1 Å². The van der Waals surface area contributed by atoms with Crippen molar-refractivity contribution in [3.63, 3.8) is 0 Å². The number of rotatable bonds is 2. The van der Waals surface area contributed by atoms with Crippen LogP contribution in [0.4, 0.5) is 0 Å². The quantitative estimate of drug-likeness (QED) is 0.838. The van der Waals surface area contributed by atoms with Crippen molar-refractivity contribution >= 4 is 23.2 Å². The maximum absolute atomic E-state index is 12.7. The molecule has 1 aromatic rings. The number of fused-ring (bicyclic) bond motifs is 1. The lowest BCUT2D eigenvalue weighted by molar-refractivity contribution is -0.143. The zero-order chi connectivity index (χ0) is 14.1. The zero-order valence-electron chi connectivity index (χ0n) is 11.8. The average molecular weight is 292 g/mol. The van der Waals surface area contributed by atoms with Gasteiger partial charge in [0.2, 0.25) is 11.8 Å². The fraction of sp³-hybridized carbons (Fsp3) is 0.600. The van der Waals surface area contributed by atoms with Crippen LogP contribution < -0.4 is 0 Å². The third-order valence-corrected chi connectivity index (χ3v) is 5.33. The number of carbonyl (C=O) groups excluding carboxylic acids is 2. The van der Waals surface area contributed by atoms with Crippen LogP contribution in [0.5, 0.6) is 0 Å². The van der Waals surface area contributed by atoms with Crippen molar-refractivity contribution in [2.45, 2.75) is 45.2 Å². The Kier molecular flexibility index (Phi) is 3.78. The minimum absolute atomic E-state index is 0.142. The summed E-state index contributed by atoms with van der Waals surface area (Å²) in [5.41, 5.74) is 1.24. The van der Waals surface area contributed by atoms with Gasteiger partial charge in [-0.25, -0.2) is 0 Å². The third kappa shape index (κ3) is 2.46. The van der Waals surface area contributed by atoms with Crippen LogP contribution >= 0.6 is 11.3 Å². The lowest BCUT2D eigenvalue weighted by Gasteiger charge is -2.34. The lowest BCUT2D eigenvalue weighted by Crippen LogP contribution is -2.49. The van der Waals surface area contributed by atoms with E-state index >= 15 is 0 Å². The molecule has 0 spiro atoms. The normalized spacial score (nSPS) is 23.8. The van der Waals surface area contributed by atoms with E-state index in [-0.39, 0.29) is 17.9 Å². The second-order valence-electron chi connectivity index (χ2n) is 5.64. The third-order valence-electron chi connectivity index (χ3n) is 4.32. The summed E-state index contributed by atoms with van der Waals surface area (Å²) in [5, 5.41) is 2.06. The van der Waals surface area contributed by atoms with Gasteiger partial charge < -0.3 is 9.80 Å². The van der Waals surface area contributed by atoms with Gasteiger partial charge in [-0.2, -0.15) is 0 Å². The molecule has 20 heavy (non-hydrogen) atoms. The van der Waals surface area contributed by atoms with Gasteiger partial charge in [-0.1, -0.05) is 0 Å². The molecule has 2 amide bonds. The Morgan fingerprint density at radius 1 is 1.30 bits per heavy atom. The fourth-order valence-corrected chi connectivity index (χ4v) is 4.00. The van der Waals surface area contributed by atoms with Crippen molar-refractivity contribution in [1.82, 2.24) is 9.80 Å². The van der Waals surface area contributed by atoms with E-state index in [1.807, 2.05) is 9.80 Å². The van der Waals surface area contributed by atoms with Gasteiger partial charge in [0.05, 0.1) is 6.54 Å². The van der Waals surface area contributed by atoms with E-state index in [9.17, 15) is 9.59 Å². The van der Waals surface area contributed by atoms with E-state index in [1.54, 1.807) is 11.3 Å². The van der Waals surface area contributed by atoms with Crippen LogP contribution in [0, 0.1) is 6.92 Å². The van der Waals surface area contributed by atoms with Crippen LogP contribution in [0.15, 0.2) is 11.4 Å². The molecule has 0 bridgehead atoms. The van der Waals surface area contributed by atoms with Crippen molar-refractivity contribution in [3.05, 3.63) is 21.9 Å². The zero-order valence-corrected chi connectivity index (χ0v) is 12.6. The maximum Gasteiger partial charge on any atom is 0.245 e. The Morgan fingerprint density at radius 2 is 2.15 bits per heavy atom. The smallest absolute Gasteiger partial charge is 0.245 e. The molecular weight excluding hydrogens is 272 g/mol. The van der Waals surface area contributed by atoms with Gasteiger partial charge in [0.1, 0.15) is 6.04 Å². The summed E-state index contributed by atoms with van der Waals surface area (Å²) in [6.45, 7) is 4.04. The first-order valence-electron chi connectivity index (χ1n) is 7.28. The second-order valence-corrected chi connectivity index (χ2v) is 6.64. The highest BCUT2D eigenvalue weighted by Gasteiger charge is 2.37. The first-order chi connectivity index (χ1) is 9.66. The highest BCUT2D eigenvalue weighted by atomic mass is 32.1. The molecule has 2 fully saturated rings. The molecule has 0 aliphatic carbocycles. The highest BCUT2D eigenvalue weighted by Crippen LogP contribution is 2.25. The molecule has 1 unspecified atom stereocenters.